The average Bonchev–Trinajstić information content (AvgIpc) is 3.35. The Bertz CT molecular complexity index is 1400. The predicted octanol–water partition coefficient (Wildman–Crippen LogP) is 5.22. The van der Waals surface area contributed by atoms with Gasteiger partial charge in [0.05, 0.1) is 16.3 Å². The Morgan fingerprint density at radius 2 is 1.87 bits per heavy atom. The predicted molar refractivity (Wildman–Crippen MR) is 119 cm³/mol. The molecule has 152 valence electrons. The number of halogens is 1. The van der Waals surface area contributed by atoms with Crippen LogP contribution in [0.2, 0.25) is 5.02 Å². The van der Waals surface area contributed by atoms with E-state index >= 15 is 0 Å². The van der Waals surface area contributed by atoms with Gasteiger partial charge in [0.15, 0.2) is 5.82 Å². The summed E-state index contributed by atoms with van der Waals surface area (Å²) in [6.45, 7) is 0. The fourth-order valence-corrected chi connectivity index (χ4v) is 3.96. The van der Waals surface area contributed by atoms with Crippen LogP contribution in [-0.4, -0.2) is 29.7 Å². The van der Waals surface area contributed by atoms with Crippen LogP contribution in [0, 0.1) is 10.1 Å². The van der Waals surface area contributed by atoms with Crippen molar-refractivity contribution in [3.05, 3.63) is 81.2 Å². The van der Waals surface area contributed by atoms with Gasteiger partial charge in [-0.15, -0.1) is 26.6 Å². The van der Waals surface area contributed by atoms with Gasteiger partial charge in [-0.3, -0.25) is 10.1 Å². The Morgan fingerprint density at radius 1 is 1.03 bits per heavy atom. The number of rotatable bonds is 5. The molecular formula is C20H12ClN7O2S. The smallest absolute Gasteiger partial charge is 0.270 e. The van der Waals surface area contributed by atoms with Crippen molar-refractivity contribution in [2.45, 2.75) is 0 Å². The zero-order valence-corrected chi connectivity index (χ0v) is 17.2. The maximum atomic E-state index is 11.0. The highest BCUT2D eigenvalue weighted by Gasteiger charge is 2.13. The van der Waals surface area contributed by atoms with Crippen molar-refractivity contribution in [3.63, 3.8) is 0 Å². The summed E-state index contributed by atoms with van der Waals surface area (Å²) in [6, 6.07) is 17.2. The molecule has 0 aliphatic rings. The summed E-state index contributed by atoms with van der Waals surface area (Å²) in [5.41, 5.74) is 3.03. The number of nitrogens with one attached hydrogen (secondary N) is 1. The Kier molecular flexibility index (Phi) is 4.77. The van der Waals surface area contributed by atoms with Gasteiger partial charge in [-0.25, -0.2) is 4.52 Å². The molecule has 31 heavy (non-hydrogen) atoms. The zero-order chi connectivity index (χ0) is 21.4. The molecule has 0 unspecified atom stereocenters. The summed E-state index contributed by atoms with van der Waals surface area (Å²) < 4.78 is 1.75. The van der Waals surface area contributed by atoms with Gasteiger partial charge in [0, 0.05) is 33.7 Å². The fraction of sp³-hybridized carbons (Fsp3) is 0. The number of hydrogen-bond acceptors (Lipinski definition) is 8. The van der Waals surface area contributed by atoms with Crippen LogP contribution in [0.25, 0.3) is 27.5 Å². The van der Waals surface area contributed by atoms with Gasteiger partial charge in [0.2, 0.25) is 10.9 Å². The largest absolute Gasteiger partial charge is 0.306 e. The second-order valence-electron chi connectivity index (χ2n) is 6.49. The van der Waals surface area contributed by atoms with Crippen LogP contribution in [0.4, 0.5) is 17.5 Å². The van der Waals surface area contributed by atoms with E-state index in [1.165, 1.54) is 23.5 Å². The summed E-state index contributed by atoms with van der Waals surface area (Å²) in [6.07, 6.45) is 0. The van der Waals surface area contributed by atoms with Gasteiger partial charge in [0.25, 0.3) is 5.69 Å². The van der Waals surface area contributed by atoms with Gasteiger partial charge in [-0.2, -0.15) is 4.98 Å². The number of benzene rings is 2. The molecule has 0 aliphatic heterocycles. The monoisotopic (exact) mass is 449 g/mol. The highest BCUT2D eigenvalue weighted by Crippen LogP contribution is 2.28. The molecule has 0 radical (unpaired) electrons. The molecule has 5 rings (SSSR count). The number of nitro groups is 1. The van der Waals surface area contributed by atoms with Crippen LogP contribution >= 0.6 is 22.9 Å². The Morgan fingerprint density at radius 3 is 2.61 bits per heavy atom. The Balaban J connectivity index is 1.38. The van der Waals surface area contributed by atoms with Crippen molar-refractivity contribution in [1.82, 2.24) is 24.8 Å². The zero-order valence-electron chi connectivity index (χ0n) is 15.6. The van der Waals surface area contributed by atoms with Gasteiger partial charge in [0.1, 0.15) is 0 Å². The standard InChI is InChI=1S/C20H12ClN7O2S/c21-14-6-4-12(5-7-14)17-11-31-20-23-19(26-27(17)20)22-18-9-8-16(24-25-18)13-2-1-3-15(10-13)28(29)30/h1-11H,(H,22,25,26). The van der Waals surface area contributed by atoms with Crippen molar-refractivity contribution in [1.29, 1.82) is 0 Å². The average molecular weight is 450 g/mol. The first-order valence-electron chi connectivity index (χ1n) is 9.02. The minimum Gasteiger partial charge on any atom is -0.306 e. The summed E-state index contributed by atoms with van der Waals surface area (Å²) in [5, 5.41) is 29.4. The lowest BCUT2D eigenvalue weighted by Gasteiger charge is -2.03. The summed E-state index contributed by atoms with van der Waals surface area (Å²) in [5.74, 6) is 0.847. The van der Waals surface area contributed by atoms with Crippen molar-refractivity contribution >= 4 is 45.4 Å². The van der Waals surface area contributed by atoms with Crippen LogP contribution in [-0.2, 0) is 0 Å². The molecule has 11 heteroatoms. The molecule has 0 atom stereocenters. The molecular weight excluding hydrogens is 438 g/mol. The molecule has 2 aromatic carbocycles. The highest BCUT2D eigenvalue weighted by atomic mass is 35.5. The molecule has 0 aliphatic carbocycles. The van der Waals surface area contributed by atoms with E-state index in [-0.39, 0.29) is 5.69 Å². The van der Waals surface area contributed by atoms with E-state index in [0.29, 0.717) is 28.0 Å². The van der Waals surface area contributed by atoms with Gasteiger partial charge in [-0.1, -0.05) is 35.9 Å². The van der Waals surface area contributed by atoms with Crippen molar-refractivity contribution < 1.29 is 4.92 Å². The van der Waals surface area contributed by atoms with E-state index in [0.717, 1.165) is 16.2 Å². The molecule has 5 aromatic rings. The molecule has 1 N–H and O–H groups in total. The third-order valence-corrected chi connectivity index (χ3v) is 5.55. The molecule has 3 heterocycles. The van der Waals surface area contributed by atoms with Crippen LogP contribution in [0.3, 0.4) is 0 Å². The van der Waals surface area contributed by atoms with Crippen molar-refractivity contribution in [2.24, 2.45) is 0 Å². The summed E-state index contributed by atoms with van der Waals surface area (Å²) in [7, 11) is 0. The van der Waals surface area contributed by atoms with E-state index in [4.69, 9.17) is 11.6 Å². The van der Waals surface area contributed by atoms with Crippen LogP contribution < -0.4 is 5.32 Å². The van der Waals surface area contributed by atoms with Crippen molar-refractivity contribution in [2.75, 3.05) is 5.32 Å². The number of nitrogens with zero attached hydrogens (tertiary/aromatic N) is 6. The number of nitro benzene ring substituents is 1. The summed E-state index contributed by atoms with van der Waals surface area (Å²) >= 11 is 7.45. The highest BCUT2D eigenvalue weighted by molar-refractivity contribution is 7.15. The van der Waals surface area contributed by atoms with E-state index in [1.807, 2.05) is 29.6 Å². The Hall–Kier alpha value is -3.89. The van der Waals surface area contributed by atoms with Gasteiger partial charge < -0.3 is 5.32 Å². The molecule has 0 amide bonds. The second kappa shape index (κ2) is 7.74. The fourth-order valence-electron chi connectivity index (χ4n) is 3.00. The maximum Gasteiger partial charge on any atom is 0.270 e. The number of thiazole rings is 1. The minimum absolute atomic E-state index is 0.000253. The number of aromatic nitrogens is 5. The SMILES string of the molecule is O=[N+]([O-])c1cccc(-c2ccc(Nc3nc4scc(-c5ccc(Cl)cc5)n4n3)nn2)c1. The number of non-ortho nitro benzene ring substituents is 1. The molecule has 0 fully saturated rings. The van der Waals surface area contributed by atoms with Crippen molar-refractivity contribution in [3.8, 4) is 22.5 Å². The van der Waals surface area contributed by atoms with E-state index in [9.17, 15) is 10.1 Å². The number of anilines is 2. The quantitative estimate of drug-likeness (QED) is 0.289. The maximum absolute atomic E-state index is 11.0. The molecule has 0 bridgehead atoms. The van der Waals surface area contributed by atoms with Gasteiger partial charge in [-0.05, 0) is 24.3 Å². The first-order valence-corrected chi connectivity index (χ1v) is 10.3. The lowest BCUT2D eigenvalue weighted by Crippen LogP contribution is -1.99. The first-order chi connectivity index (χ1) is 15.1. The minimum atomic E-state index is -0.443. The number of hydrogen-bond donors (Lipinski definition) is 1. The van der Waals surface area contributed by atoms with Gasteiger partial charge >= 0.3 is 0 Å². The molecule has 0 saturated carbocycles. The summed E-state index contributed by atoms with van der Waals surface area (Å²) in [4.78, 5) is 15.7. The first kappa shape index (κ1) is 19.1. The van der Waals surface area contributed by atoms with E-state index < -0.39 is 4.92 Å². The molecule has 0 saturated heterocycles. The van der Waals surface area contributed by atoms with Crippen LogP contribution in [0.5, 0.6) is 0 Å². The number of fused-ring (bicyclic) bond motifs is 1. The van der Waals surface area contributed by atoms with E-state index in [1.54, 1.807) is 28.8 Å². The normalized spacial score (nSPS) is 11.0. The Labute approximate surface area is 184 Å². The second-order valence-corrected chi connectivity index (χ2v) is 7.77. The van der Waals surface area contributed by atoms with Crippen LogP contribution in [0.15, 0.2) is 66.0 Å². The lowest BCUT2D eigenvalue weighted by atomic mass is 10.1. The topological polar surface area (TPSA) is 111 Å². The van der Waals surface area contributed by atoms with E-state index in [2.05, 4.69) is 25.6 Å². The van der Waals surface area contributed by atoms with Crippen LogP contribution in [0.1, 0.15) is 0 Å². The third kappa shape index (κ3) is 3.81. The molecule has 3 aromatic heterocycles. The third-order valence-electron chi connectivity index (χ3n) is 4.48. The molecule has 0 spiro atoms. The molecule has 9 nitrogen and oxygen atoms in total. The lowest BCUT2D eigenvalue weighted by molar-refractivity contribution is -0.384.